The number of nitrogens with two attached hydrogens (primary N) is 1. The van der Waals surface area contributed by atoms with Crippen LogP contribution in [-0.4, -0.2) is 48.4 Å². The number of aromatic nitrogens is 1. The first kappa shape index (κ1) is 27.1. The summed E-state index contributed by atoms with van der Waals surface area (Å²) in [6.45, 7) is 3.13. The van der Waals surface area contributed by atoms with E-state index in [2.05, 4.69) is 5.32 Å². The Kier molecular flexibility index (Phi) is 8.98. The normalized spacial score (nSPS) is 12.5. The van der Waals surface area contributed by atoms with Gasteiger partial charge < -0.3 is 20.5 Å². The number of fused-ring (bicyclic) bond motifs is 1. The molecule has 1 amide bonds. The maximum atomic E-state index is 12.5. The molecule has 0 bridgehead atoms. The highest BCUT2D eigenvalue weighted by Crippen LogP contribution is 2.28. The summed E-state index contributed by atoms with van der Waals surface area (Å²) in [6.07, 6.45) is -1.13. The minimum atomic E-state index is -4.44. The van der Waals surface area contributed by atoms with E-state index in [0.717, 1.165) is 10.9 Å². The molecule has 0 radical (unpaired) electrons. The van der Waals surface area contributed by atoms with Gasteiger partial charge in [0.2, 0.25) is 5.91 Å². The number of amides is 1. The molecule has 7 nitrogen and oxygen atoms in total. The first-order valence-corrected chi connectivity index (χ1v) is 11.7. The van der Waals surface area contributed by atoms with E-state index in [1.807, 2.05) is 19.9 Å². The highest BCUT2D eigenvalue weighted by atomic mass is 19.4. The van der Waals surface area contributed by atoms with Crippen molar-refractivity contribution in [1.29, 1.82) is 0 Å². The first-order chi connectivity index (χ1) is 17.1. The van der Waals surface area contributed by atoms with Crippen LogP contribution in [0.1, 0.15) is 47.4 Å². The molecular weight excluding hydrogens is 475 g/mol. The Balaban J connectivity index is 1.60. The maximum Gasteiger partial charge on any atom is 0.422 e. The standard InChI is InChI=1S/C26H30F3N3O4/c1-3-6-23(33)32-11-9-19-14-18(15-20(24(19)32)25(30)34)13-17(2)31-10-12-35-21-7-4-5-8-22(21)36-16-26(27,28)29/h4-5,7-9,11,14-15,17,31H,3,6,10,12-13,16H2,1-2H3,(H2,30,34). The molecule has 1 unspecified atom stereocenters. The average molecular weight is 506 g/mol. The minimum Gasteiger partial charge on any atom is -0.488 e. The molecule has 3 aromatic rings. The summed E-state index contributed by atoms with van der Waals surface area (Å²) in [5.41, 5.74) is 7.32. The van der Waals surface area contributed by atoms with E-state index in [9.17, 15) is 22.8 Å². The molecule has 0 aliphatic rings. The molecule has 2 aromatic carbocycles. The number of carbonyl (C=O) groups excluding carboxylic acids is 2. The van der Waals surface area contributed by atoms with E-state index in [1.54, 1.807) is 36.5 Å². The van der Waals surface area contributed by atoms with Crippen LogP contribution in [0.5, 0.6) is 11.5 Å². The topological polar surface area (TPSA) is 95.6 Å². The molecule has 3 N–H and O–H groups in total. The van der Waals surface area contributed by atoms with Gasteiger partial charge in [-0.1, -0.05) is 19.1 Å². The largest absolute Gasteiger partial charge is 0.488 e. The molecule has 194 valence electrons. The van der Waals surface area contributed by atoms with Crippen molar-refractivity contribution in [1.82, 2.24) is 9.88 Å². The predicted molar refractivity (Wildman–Crippen MR) is 131 cm³/mol. The number of ether oxygens (including phenoxy) is 2. The number of benzene rings is 2. The molecule has 10 heteroatoms. The summed E-state index contributed by atoms with van der Waals surface area (Å²) in [6, 6.07) is 11.6. The van der Waals surface area contributed by atoms with Crippen molar-refractivity contribution in [2.75, 3.05) is 19.8 Å². The van der Waals surface area contributed by atoms with Gasteiger partial charge >= 0.3 is 6.18 Å². The highest BCUT2D eigenvalue weighted by molar-refractivity contribution is 6.08. The summed E-state index contributed by atoms with van der Waals surface area (Å²) in [4.78, 5) is 24.6. The summed E-state index contributed by atoms with van der Waals surface area (Å²) >= 11 is 0. The molecule has 1 atom stereocenters. The number of hydrogen-bond acceptors (Lipinski definition) is 5. The zero-order valence-electron chi connectivity index (χ0n) is 20.2. The van der Waals surface area contributed by atoms with Crippen molar-refractivity contribution in [3.8, 4) is 11.5 Å². The van der Waals surface area contributed by atoms with Crippen LogP contribution >= 0.6 is 0 Å². The highest BCUT2D eigenvalue weighted by Gasteiger charge is 2.29. The third-order valence-corrected chi connectivity index (χ3v) is 5.48. The van der Waals surface area contributed by atoms with Gasteiger partial charge in [-0.3, -0.25) is 14.2 Å². The lowest BCUT2D eigenvalue weighted by atomic mass is 10.0. The second kappa shape index (κ2) is 11.9. The Hall–Kier alpha value is -3.53. The Morgan fingerprint density at radius 2 is 1.81 bits per heavy atom. The first-order valence-electron chi connectivity index (χ1n) is 11.7. The van der Waals surface area contributed by atoms with Gasteiger partial charge in [-0.25, -0.2) is 0 Å². The molecule has 0 saturated carbocycles. The van der Waals surface area contributed by atoms with Gasteiger partial charge in [-0.05, 0) is 55.7 Å². The van der Waals surface area contributed by atoms with Gasteiger partial charge in [0.1, 0.15) is 6.61 Å². The summed E-state index contributed by atoms with van der Waals surface area (Å²) in [5, 5.41) is 4.05. The van der Waals surface area contributed by atoms with Crippen molar-refractivity contribution < 1.29 is 32.2 Å². The zero-order chi connectivity index (χ0) is 26.3. The fraction of sp³-hybridized carbons (Fsp3) is 0.385. The van der Waals surface area contributed by atoms with Gasteiger partial charge in [-0.15, -0.1) is 0 Å². The molecule has 0 aliphatic carbocycles. The van der Waals surface area contributed by atoms with Crippen LogP contribution in [0.25, 0.3) is 10.9 Å². The van der Waals surface area contributed by atoms with E-state index in [1.165, 1.54) is 10.6 Å². The number of rotatable bonds is 12. The molecule has 1 aromatic heterocycles. The lowest BCUT2D eigenvalue weighted by Crippen LogP contribution is -2.32. The van der Waals surface area contributed by atoms with E-state index >= 15 is 0 Å². The number of halogens is 3. The fourth-order valence-corrected chi connectivity index (χ4v) is 3.93. The third-order valence-electron chi connectivity index (χ3n) is 5.48. The summed E-state index contributed by atoms with van der Waals surface area (Å²) < 4.78 is 49.3. The molecule has 0 saturated heterocycles. The van der Waals surface area contributed by atoms with Crippen molar-refractivity contribution in [2.24, 2.45) is 5.73 Å². The second-order valence-electron chi connectivity index (χ2n) is 8.53. The Morgan fingerprint density at radius 1 is 1.11 bits per heavy atom. The maximum absolute atomic E-state index is 12.5. The second-order valence-corrected chi connectivity index (χ2v) is 8.53. The van der Waals surface area contributed by atoms with Crippen LogP contribution in [0, 0.1) is 0 Å². The van der Waals surface area contributed by atoms with Gasteiger partial charge in [0.05, 0.1) is 11.1 Å². The van der Waals surface area contributed by atoms with Crippen LogP contribution in [-0.2, 0) is 6.42 Å². The van der Waals surface area contributed by atoms with Gasteiger partial charge in [0.15, 0.2) is 18.1 Å². The quantitative estimate of drug-likeness (QED) is 0.347. The fourth-order valence-electron chi connectivity index (χ4n) is 3.93. The Labute approximate surface area is 207 Å². The SMILES string of the molecule is CCCC(=O)n1ccc2cc(CC(C)NCCOc3ccccc3OCC(F)(F)F)cc(C(N)=O)c21. The number of carbonyl (C=O) groups is 2. The van der Waals surface area contributed by atoms with Crippen LogP contribution < -0.4 is 20.5 Å². The van der Waals surface area contributed by atoms with Crippen molar-refractivity contribution in [3.05, 3.63) is 59.8 Å². The molecular formula is C26H30F3N3O4. The number of para-hydroxylation sites is 2. The Morgan fingerprint density at radius 3 is 2.44 bits per heavy atom. The van der Waals surface area contributed by atoms with Crippen molar-refractivity contribution in [2.45, 2.75) is 45.3 Å². The summed E-state index contributed by atoms with van der Waals surface area (Å²) in [7, 11) is 0. The minimum absolute atomic E-state index is 0.00712. The summed E-state index contributed by atoms with van der Waals surface area (Å²) in [5.74, 6) is -0.441. The van der Waals surface area contributed by atoms with E-state index < -0.39 is 18.7 Å². The molecule has 36 heavy (non-hydrogen) atoms. The van der Waals surface area contributed by atoms with Crippen LogP contribution in [0.15, 0.2) is 48.7 Å². The monoisotopic (exact) mass is 505 g/mol. The Bertz CT molecular complexity index is 1210. The van der Waals surface area contributed by atoms with Gasteiger partial charge in [0.25, 0.3) is 5.91 Å². The van der Waals surface area contributed by atoms with Crippen molar-refractivity contribution in [3.63, 3.8) is 0 Å². The van der Waals surface area contributed by atoms with E-state index in [0.29, 0.717) is 36.9 Å². The smallest absolute Gasteiger partial charge is 0.422 e. The number of alkyl halides is 3. The number of nitrogens with zero attached hydrogens (tertiary/aromatic N) is 1. The molecule has 3 rings (SSSR count). The number of nitrogens with one attached hydrogen (secondary N) is 1. The average Bonchev–Trinajstić information content (AvgIpc) is 3.24. The third kappa shape index (κ3) is 7.24. The van der Waals surface area contributed by atoms with Crippen LogP contribution in [0.3, 0.4) is 0 Å². The van der Waals surface area contributed by atoms with Crippen LogP contribution in [0.4, 0.5) is 13.2 Å². The molecule has 0 aliphatic heterocycles. The predicted octanol–water partition coefficient (Wildman–Crippen LogP) is 4.72. The molecule has 1 heterocycles. The number of primary amides is 1. The van der Waals surface area contributed by atoms with Gasteiger partial charge in [0, 0.05) is 30.6 Å². The van der Waals surface area contributed by atoms with Crippen molar-refractivity contribution >= 4 is 22.7 Å². The van der Waals surface area contributed by atoms with E-state index in [4.69, 9.17) is 15.2 Å². The lowest BCUT2D eigenvalue weighted by molar-refractivity contribution is -0.153. The zero-order valence-corrected chi connectivity index (χ0v) is 20.2. The number of hydrogen-bond donors (Lipinski definition) is 2. The molecule has 0 fully saturated rings. The molecule has 0 spiro atoms. The van der Waals surface area contributed by atoms with Crippen LogP contribution in [0.2, 0.25) is 0 Å². The van der Waals surface area contributed by atoms with E-state index in [-0.39, 0.29) is 30.1 Å². The lowest BCUT2D eigenvalue weighted by Gasteiger charge is -2.17. The van der Waals surface area contributed by atoms with Gasteiger partial charge in [-0.2, -0.15) is 13.2 Å².